The molecule has 1 aromatic carbocycles. The summed E-state index contributed by atoms with van der Waals surface area (Å²) in [4.78, 5) is 15.4. The quantitative estimate of drug-likeness (QED) is 0.825. The van der Waals surface area contributed by atoms with E-state index >= 15 is 0 Å². The van der Waals surface area contributed by atoms with Crippen LogP contribution in [0.4, 0.5) is 0 Å². The van der Waals surface area contributed by atoms with Gasteiger partial charge in [0.15, 0.2) is 0 Å². The lowest BCUT2D eigenvalue weighted by atomic mass is 10.1. The maximum absolute atomic E-state index is 12.0. The van der Waals surface area contributed by atoms with Crippen molar-refractivity contribution in [2.75, 3.05) is 20.6 Å². The Morgan fingerprint density at radius 1 is 1.27 bits per heavy atom. The third kappa shape index (κ3) is 4.58. The fraction of sp³-hybridized carbons (Fsp3) is 0.353. The highest BCUT2D eigenvalue weighted by Crippen LogP contribution is 2.22. The van der Waals surface area contributed by atoms with Crippen LogP contribution >= 0.6 is 11.3 Å². The summed E-state index contributed by atoms with van der Waals surface area (Å²) >= 11 is 1.70. The highest BCUT2D eigenvalue weighted by atomic mass is 32.1. The number of carbonyl (C=O) groups is 1. The first-order valence-electron chi connectivity index (χ1n) is 7.31. The van der Waals surface area contributed by atoms with Gasteiger partial charge in [-0.2, -0.15) is 0 Å². The Hall–Kier alpha value is -1.85. The van der Waals surface area contributed by atoms with Gasteiger partial charge >= 0.3 is 0 Å². The van der Waals surface area contributed by atoms with Gasteiger partial charge in [-0.3, -0.25) is 4.79 Å². The number of likely N-dealkylation sites (N-methyl/N-ethyl adjacent to an activating group) is 1. The van der Waals surface area contributed by atoms with Gasteiger partial charge in [0.2, 0.25) is 5.91 Å². The van der Waals surface area contributed by atoms with Crippen LogP contribution in [-0.2, 0) is 11.2 Å². The molecule has 0 bridgehead atoms. The lowest BCUT2D eigenvalue weighted by Crippen LogP contribution is -2.34. The number of nitrogens with zero attached hydrogens (tertiary/aromatic N) is 1. The molecule has 0 aliphatic rings. The van der Waals surface area contributed by atoms with E-state index in [1.54, 1.807) is 23.5 Å². The van der Waals surface area contributed by atoms with Crippen LogP contribution in [0.25, 0.3) is 0 Å². The molecule has 5 heteroatoms. The van der Waals surface area contributed by atoms with Gasteiger partial charge in [-0.1, -0.05) is 24.3 Å². The molecule has 0 fully saturated rings. The van der Waals surface area contributed by atoms with Crippen molar-refractivity contribution in [2.24, 2.45) is 0 Å². The van der Waals surface area contributed by atoms with Crippen molar-refractivity contribution in [3.63, 3.8) is 0 Å². The molecule has 0 aliphatic carbocycles. The number of phenols is 1. The van der Waals surface area contributed by atoms with E-state index in [1.165, 1.54) is 4.88 Å². The first-order valence-corrected chi connectivity index (χ1v) is 8.19. The Morgan fingerprint density at radius 3 is 2.68 bits per heavy atom. The molecule has 1 atom stereocenters. The van der Waals surface area contributed by atoms with Crippen LogP contribution < -0.4 is 5.32 Å². The van der Waals surface area contributed by atoms with Crippen LogP contribution in [-0.4, -0.2) is 36.6 Å². The van der Waals surface area contributed by atoms with Crippen LogP contribution in [0.1, 0.15) is 22.9 Å². The molecule has 0 spiro atoms. The normalized spacial score (nSPS) is 12.3. The average molecular weight is 318 g/mol. The highest BCUT2D eigenvalue weighted by Gasteiger charge is 2.16. The Morgan fingerprint density at radius 2 is 2.05 bits per heavy atom. The minimum Gasteiger partial charge on any atom is -0.508 e. The van der Waals surface area contributed by atoms with Crippen LogP contribution in [0.2, 0.25) is 0 Å². The number of para-hydroxylation sites is 1. The minimum atomic E-state index is 0.00617. The second-order valence-corrected chi connectivity index (χ2v) is 6.41. The lowest BCUT2D eigenvalue weighted by molar-refractivity contribution is -0.121. The summed E-state index contributed by atoms with van der Waals surface area (Å²) in [7, 11) is 4.02. The number of amides is 1. The van der Waals surface area contributed by atoms with Crippen LogP contribution in [0.5, 0.6) is 5.75 Å². The second-order valence-electron chi connectivity index (χ2n) is 5.43. The molecule has 0 saturated carbocycles. The van der Waals surface area contributed by atoms with Crippen molar-refractivity contribution in [1.82, 2.24) is 10.2 Å². The molecule has 0 saturated heterocycles. The van der Waals surface area contributed by atoms with E-state index in [4.69, 9.17) is 0 Å². The van der Waals surface area contributed by atoms with Crippen molar-refractivity contribution in [3.8, 4) is 5.75 Å². The van der Waals surface area contributed by atoms with Gasteiger partial charge in [-0.15, -0.1) is 11.3 Å². The smallest absolute Gasteiger partial charge is 0.220 e. The molecule has 4 nitrogen and oxygen atoms in total. The van der Waals surface area contributed by atoms with Gasteiger partial charge in [0, 0.05) is 17.8 Å². The van der Waals surface area contributed by atoms with Gasteiger partial charge in [-0.05, 0) is 43.6 Å². The van der Waals surface area contributed by atoms with Gasteiger partial charge in [-0.25, -0.2) is 0 Å². The molecule has 0 radical (unpaired) electrons. The SMILES string of the molecule is CN(C)C(CNC(=O)CCc1ccccc1O)c1cccs1. The molecule has 22 heavy (non-hydrogen) atoms. The Balaban J connectivity index is 1.83. The van der Waals surface area contributed by atoms with E-state index in [1.807, 2.05) is 37.7 Å². The van der Waals surface area contributed by atoms with E-state index in [0.29, 0.717) is 19.4 Å². The molecule has 1 heterocycles. The number of aromatic hydroxyl groups is 1. The zero-order valence-electron chi connectivity index (χ0n) is 13.0. The number of rotatable bonds is 7. The van der Waals surface area contributed by atoms with Crippen molar-refractivity contribution in [3.05, 3.63) is 52.2 Å². The Labute approximate surface area is 135 Å². The zero-order valence-corrected chi connectivity index (χ0v) is 13.8. The summed E-state index contributed by atoms with van der Waals surface area (Å²) in [6.07, 6.45) is 0.923. The first-order chi connectivity index (χ1) is 10.6. The molecular formula is C17H22N2O2S. The number of aryl methyl sites for hydroxylation is 1. The minimum absolute atomic E-state index is 0.00617. The Kier molecular flexibility index (Phi) is 5.98. The summed E-state index contributed by atoms with van der Waals surface area (Å²) in [6.45, 7) is 0.590. The van der Waals surface area contributed by atoms with E-state index in [-0.39, 0.29) is 17.7 Å². The summed E-state index contributed by atoms with van der Waals surface area (Å²) < 4.78 is 0. The summed E-state index contributed by atoms with van der Waals surface area (Å²) in [5.41, 5.74) is 0.806. The number of benzene rings is 1. The number of thiophene rings is 1. The highest BCUT2D eigenvalue weighted by molar-refractivity contribution is 7.10. The van der Waals surface area contributed by atoms with Crippen molar-refractivity contribution < 1.29 is 9.90 Å². The third-order valence-electron chi connectivity index (χ3n) is 3.60. The maximum atomic E-state index is 12.0. The number of nitrogens with one attached hydrogen (secondary N) is 1. The number of hydrogen-bond acceptors (Lipinski definition) is 4. The predicted molar refractivity (Wildman–Crippen MR) is 90.2 cm³/mol. The number of carbonyl (C=O) groups excluding carboxylic acids is 1. The standard InChI is InChI=1S/C17H22N2O2S/c1-19(2)14(16-8-5-11-22-16)12-18-17(21)10-9-13-6-3-4-7-15(13)20/h3-8,11,14,20H,9-10,12H2,1-2H3,(H,18,21). The van der Waals surface area contributed by atoms with Gasteiger partial charge in [0.05, 0.1) is 6.04 Å². The molecule has 2 N–H and O–H groups in total. The van der Waals surface area contributed by atoms with E-state index in [9.17, 15) is 9.90 Å². The van der Waals surface area contributed by atoms with Crippen LogP contribution in [0.15, 0.2) is 41.8 Å². The largest absolute Gasteiger partial charge is 0.508 e. The summed E-state index contributed by atoms with van der Waals surface area (Å²) in [5, 5.41) is 14.7. The lowest BCUT2D eigenvalue weighted by Gasteiger charge is -2.23. The van der Waals surface area contributed by atoms with Crippen molar-refractivity contribution in [2.45, 2.75) is 18.9 Å². The van der Waals surface area contributed by atoms with Gasteiger partial charge < -0.3 is 15.3 Å². The van der Waals surface area contributed by atoms with Crippen molar-refractivity contribution in [1.29, 1.82) is 0 Å². The topological polar surface area (TPSA) is 52.6 Å². The van der Waals surface area contributed by atoms with Crippen molar-refractivity contribution >= 4 is 17.2 Å². The van der Waals surface area contributed by atoms with E-state index in [2.05, 4.69) is 16.3 Å². The monoisotopic (exact) mass is 318 g/mol. The molecular weight excluding hydrogens is 296 g/mol. The third-order valence-corrected chi connectivity index (χ3v) is 4.57. The summed E-state index contributed by atoms with van der Waals surface area (Å²) in [5.74, 6) is 0.256. The van der Waals surface area contributed by atoms with E-state index < -0.39 is 0 Å². The Bertz CT molecular complexity index is 596. The number of phenolic OH excluding ortho intramolecular Hbond substituents is 1. The molecule has 118 valence electrons. The average Bonchev–Trinajstić information content (AvgIpc) is 3.00. The summed E-state index contributed by atoms with van der Waals surface area (Å²) in [6, 6.07) is 11.4. The maximum Gasteiger partial charge on any atom is 0.220 e. The fourth-order valence-corrected chi connectivity index (χ4v) is 3.21. The van der Waals surface area contributed by atoms with E-state index in [0.717, 1.165) is 5.56 Å². The first kappa shape index (κ1) is 16.5. The van der Waals surface area contributed by atoms with Gasteiger partial charge in [0.1, 0.15) is 5.75 Å². The fourth-order valence-electron chi connectivity index (χ4n) is 2.29. The predicted octanol–water partition coefficient (Wildman–Crippen LogP) is 2.81. The zero-order chi connectivity index (χ0) is 15.9. The molecule has 1 aromatic heterocycles. The molecule has 1 amide bonds. The molecule has 1 unspecified atom stereocenters. The number of hydrogen-bond donors (Lipinski definition) is 2. The van der Waals surface area contributed by atoms with Crippen LogP contribution in [0.3, 0.4) is 0 Å². The molecule has 0 aliphatic heterocycles. The van der Waals surface area contributed by atoms with Crippen LogP contribution in [0, 0.1) is 0 Å². The van der Waals surface area contributed by atoms with Gasteiger partial charge in [0.25, 0.3) is 0 Å². The second kappa shape index (κ2) is 7.96. The molecule has 2 aromatic rings. The molecule has 2 rings (SSSR count).